The van der Waals surface area contributed by atoms with Crippen LogP contribution in [-0.4, -0.2) is 31.8 Å². The molecule has 1 aliphatic rings. The van der Waals surface area contributed by atoms with Crippen molar-refractivity contribution in [2.24, 2.45) is 0 Å². The fourth-order valence-corrected chi connectivity index (χ4v) is 4.34. The van der Waals surface area contributed by atoms with E-state index >= 15 is 0 Å². The van der Waals surface area contributed by atoms with Crippen LogP contribution >= 0.6 is 0 Å². The molecule has 0 spiro atoms. The number of ether oxygens (including phenoxy) is 2. The lowest BCUT2D eigenvalue weighted by atomic mass is 10.3. The normalized spacial score (nSPS) is 17.0. The second kappa shape index (κ2) is 6.92. The maximum Gasteiger partial charge on any atom is 0.155 e. The Labute approximate surface area is 107 Å². The summed E-state index contributed by atoms with van der Waals surface area (Å²) in [6.07, 6.45) is 4.21. The van der Waals surface area contributed by atoms with E-state index in [-0.39, 0.29) is 0 Å². The Hall–Kier alpha value is -0.670. The summed E-state index contributed by atoms with van der Waals surface area (Å²) in [5, 5.41) is 0. The van der Waals surface area contributed by atoms with Gasteiger partial charge < -0.3 is 9.47 Å². The van der Waals surface area contributed by atoms with Gasteiger partial charge in [-0.1, -0.05) is 0 Å². The zero-order valence-corrected chi connectivity index (χ0v) is 11.3. The number of hydrogen-bond donors (Lipinski definition) is 0. The topological polar surface area (TPSA) is 18.5 Å². The van der Waals surface area contributed by atoms with Crippen LogP contribution in [0.4, 0.5) is 0 Å². The molecule has 0 N–H and O–H groups in total. The van der Waals surface area contributed by atoms with E-state index < -0.39 is 0 Å². The van der Waals surface area contributed by atoms with Crippen molar-refractivity contribution in [3.8, 4) is 5.75 Å². The van der Waals surface area contributed by atoms with Crippen LogP contribution in [0.2, 0.25) is 0 Å². The van der Waals surface area contributed by atoms with E-state index in [1.54, 1.807) is 7.11 Å². The van der Waals surface area contributed by atoms with Crippen molar-refractivity contribution in [2.75, 3.05) is 31.8 Å². The van der Waals surface area contributed by atoms with E-state index in [2.05, 4.69) is 24.3 Å². The fraction of sp³-hybridized carbons (Fsp3) is 0.571. The summed E-state index contributed by atoms with van der Waals surface area (Å²) in [7, 11) is 2.19. The van der Waals surface area contributed by atoms with Crippen molar-refractivity contribution >= 4 is 10.9 Å². The first-order valence-electron chi connectivity index (χ1n) is 6.29. The molecule has 1 aromatic rings. The lowest BCUT2D eigenvalue weighted by Crippen LogP contribution is -2.17. The van der Waals surface area contributed by atoms with Gasteiger partial charge in [-0.3, -0.25) is 0 Å². The quantitative estimate of drug-likeness (QED) is 0.593. The molecular formula is C14H21O2S+. The highest BCUT2D eigenvalue weighted by atomic mass is 32.2. The molecule has 0 aliphatic carbocycles. The molecule has 0 amide bonds. The summed E-state index contributed by atoms with van der Waals surface area (Å²) in [5.74, 6) is 3.71. The van der Waals surface area contributed by atoms with E-state index in [4.69, 9.17) is 9.47 Å². The smallest absolute Gasteiger partial charge is 0.155 e. The first-order chi connectivity index (χ1) is 8.40. The first-order valence-corrected chi connectivity index (χ1v) is 7.86. The molecule has 2 nitrogen and oxygen atoms in total. The van der Waals surface area contributed by atoms with Crippen LogP contribution in [-0.2, 0) is 15.6 Å². The van der Waals surface area contributed by atoms with E-state index in [9.17, 15) is 0 Å². The van der Waals surface area contributed by atoms with Crippen molar-refractivity contribution in [1.29, 1.82) is 0 Å². The molecule has 0 aromatic heterocycles. The van der Waals surface area contributed by atoms with Gasteiger partial charge in [-0.25, -0.2) is 0 Å². The third-order valence-corrected chi connectivity index (χ3v) is 5.50. The summed E-state index contributed by atoms with van der Waals surface area (Å²) in [4.78, 5) is 1.50. The Kier molecular flexibility index (Phi) is 5.20. The largest absolute Gasteiger partial charge is 0.491 e. The second-order valence-electron chi connectivity index (χ2n) is 4.27. The Balaban J connectivity index is 1.88. The van der Waals surface area contributed by atoms with Gasteiger partial charge >= 0.3 is 0 Å². The third-order valence-electron chi connectivity index (χ3n) is 2.99. The van der Waals surface area contributed by atoms with Gasteiger partial charge in [0.25, 0.3) is 0 Å². The number of benzene rings is 1. The predicted molar refractivity (Wildman–Crippen MR) is 73.0 cm³/mol. The molecule has 0 atom stereocenters. The van der Waals surface area contributed by atoms with E-state index in [0.717, 1.165) is 5.75 Å². The number of methoxy groups -OCH3 is 1. The van der Waals surface area contributed by atoms with Crippen molar-refractivity contribution < 1.29 is 9.47 Å². The molecule has 1 saturated heterocycles. The molecule has 2 rings (SSSR count). The number of rotatable bonds is 5. The highest BCUT2D eigenvalue weighted by molar-refractivity contribution is 7.96. The Morgan fingerprint density at radius 2 is 1.71 bits per heavy atom. The van der Waals surface area contributed by atoms with Gasteiger partial charge in [0, 0.05) is 18.0 Å². The van der Waals surface area contributed by atoms with Crippen LogP contribution in [0.15, 0.2) is 29.2 Å². The van der Waals surface area contributed by atoms with Crippen LogP contribution < -0.4 is 4.74 Å². The van der Waals surface area contributed by atoms with Gasteiger partial charge in [-0.15, -0.1) is 0 Å². The fourth-order valence-electron chi connectivity index (χ4n) is 2.04. The minimum atomic E-state index is 0.496. The van der Waals surface area contributed by atoms with Crippen LogP contribution in [0, 0.1) is 0 Å². The molecule has 1 aromatic carbocycles. The highest BCUT2D eigenvalue weighted by Gasteiger charge is 2.24. The SMILES string of the molecule is COCCOc1ccc([S+]2CCCCC2)cc1. The minimum absolute atomic E-state index is 0.496. The average Bonchev–Trinajstić information content (AvgIpc) is 2.41. The van der Waals surface area contributed by atoms with Gasteiger partial charge in [-0.2, -0.15) is 0 Å². The minimum Gasteiger partial charge on any atom is -0.491 e. The lowest BCUT2D eigenvalue weighted by Gasteiger charge is -2.13. The summed E-state index contributed by atoms with van der Waals surface area (Å²) >= 11 is 0. The number of hydrogen-bond acceptors (Lipinski definition) is 2. The summed E-state index contributed by atoms with van der Waals surface area (Å²) in [5.41, 5.74) is 0. The van der Waals surface area contributed by atoms with Crippen molar-refractivity contribution in [2.45, 2.75) is 24.2 Å². The van der Waals surface area contributed by atoms with Crippen LogP contribution in [0.25, 0.3) is 0 Å². The zero-order chi connectivity index (χ0) is 11.9. The molecule has 1 aliphatic heterocycles. The van der Waals surface area contributed by atoms with E-state index in [0.29, 0.717) is 24.1 Å². The van der Waals surface area contributed by atoms with Crippen LogP contribution in [0.5, 0.6) is 5.75 Å². The second-order valence-corrected chi connectivity index (χ2v) is 6.55. The predicted octanol–water partition coefficient (Wildman–Crippen LogP) is 2.87. The lowest BCUT2D eigenvalue weighted by molar-refractivity contribution is 0.146. The molecule has 1 heterocycles. The molecule has 0 radical (unpaired) electrons. The maximum absolute atomic E-state index is 5.57. The Morgan fingerprint density at radius 3 is 2.35 bits per heavy atom. The zero-order valence-electron chi connectivity index (χ0n) is 10.5. The Bertz CT molecular complexity index is 317. The standard InChI is InChI=1S/C14H21O2S/c1-15-9-10-16-13-5-7-14(8-6-13)17-11-3-2-4-12-17/h5-8H,2-4,9-12H2,1H3/q+1. The first kappa shape index (κ1) is 12.8. The maximum atomic E-state index is 5.57. The molecule has 0 bridgehead atoms. The molecule has 0 unspecified atom stereocenters. The van der Waals surface area contributed by atoms with Crippen molar-refractivity contribution in [1.82, 2.24) is 0 Å². The van der Waals surface area contributed by atoms with Gasteiger partial charge in [0.15, 0.2) is 4.90 Å². The van der Waals surface area contributed by atoms with Crippen molar-refractivity contribution in [3.63, 3.8) is 0 Å². The van der Waals surface area contributed by atoms with Crippen molar-refractivity contribution in [3.05, 3.63) is 24.3 Å². The van der Waals surface area contributed by atoms with Gasteiger partial charge in [0.2, 0.25) is 0 Å². The van der Waals surface area contributed by atoms with Crippen LogP contribution in [0.1, 0.15) is 19.3 Å². The summed E-state index contributed by atoms with van der Waals surface area (Å²) in [6.45, 7) is 1.27. The van der Waals surface area contributed by atoms with Gasteiger partial charge in [0.05, 0.1) is 6.61 Å². The third kappa shape index (κ3) is 3.93. The monoisotopic (exact) mass is 253 g/mol. The highest BCUT2D eigenvalue weighted by Crippen LogP contribution is 2.24. The molecule has 17 heavy (non-hydrogen) atoms. The van der Waals surface area contributed by atoms with E-state index in [1.807, 2.05) is 0 Å². The molecule has 94 valence electrons. The summed E-state index contributed by atoms with van der Waals surface area (Å²) < 4.78 is 10.5. The molecule has 0 saturated carbocycles. The Morgan fingerprint density at radius 1 is 1.00 bits per heavy atom. The average molecular weight is 253 g/mol. The van der Waals surface area contributed by atoms with Gasteiger partial charge in [0.1, 0.15) is 23.9 Å². The molecule has 1 fully saturated rings. The van der Waals surface area contributed by atoms with E-state index in [1.165, 1.54) is 35.7 Å². The van der Waals surface area contributed by atoms with Gasteiger partial charge in [-0.05, 0) is 43.5 Å². The van der Waals surface area contributed by atoms with Crippen LogP contribution in [0.3, 0.4) is 0 Å². The summed E-state index contributed by atoms with van der Waals surface area (Å²) in [6, 6.07) is 8.65. The molecular weight excluding hydrogens is 232 g/mol. The molecule has 3 heteroatoms.